The number of likely N-dealkylation sites (N-methyl/N-ethyl adjacent to an activating group) is 1. The summed E-state index contributed by atoms with van der Waals surface area (Å²) < 4.78 is 78.8. The number of alkyl halides is 3. The van der Waals surface area contributed by atoms with Crippen LogP contribution in [0.25, 0.3) is 22.2 Å². The molecule has 3 aromatic rings. The molecule has 3 unspecified atom stereocenters. The molecule has 3 atom stereocenters. The van der Waals surface area contributed by atoms with Gasteiger partial charge in [0.15, 0.2) is 5.82 Å². The van der Waals surface area contributed by atoms with Crippen LogP contribution >= 0.6 is 11.6 Å². The van der Waals surface area contributed by atoms with Gasteiger partial charge in [0, 0.05) is 36.6 Å². The monoisotopic (exact) mass is 609 g/mol. The van der Waals surface area contributed by atoms with Gasteiger partial charge in [-0.1, -0.05) is 17.7 Å². The zero-order valence-corrected chi connectivity index (χ0v) is 23.5. The number of pyridine rings is 1. The van der Waals surface area contributed by atoms with E-state index in [0.717, 1.165) is 32.2 Å². The number of ether oxygens (including phenoxy) is 1. The predicted molar refractivity (Wildman–Crippen MR) is 150 cm³/mol. The summed E-state index contributed by atoms with van der Waals surface area (Å²) in [6.45, 7) is 6.13. The second-order valence-electron chi connectivity index (χ2n) is 11.2. The van der Waals surface area contributed by atoms with Gasteiger partial charge in [0.2, 0.25) is 0 Å². The molecule has 3 aliphatic rings. The number of fused-ring (bicyclic) bond motifs is 3. The molecule has 42 heavy (non-hydrogen) atoms. The highest BCUT2D eigenvalue weighted by Gasteiger charge is 2.44. The van der Waals surface area contributed by atoms with E-state index in [9.17, 15) is 17.6 Å². The third-order valence-electron chi connectivity index (χ3n) is 8.46. The van der Waals surface area contributed by atoms with E-state index in [1.807, 2.05) is 18.0 Å². The van der Waals surface area contributed by atoms with Gasteiger partial charge in [0.05, 0.1) is 21.8 Å². The van der Waals surface area contributed by atoms with E-state index in [0.29, 0.717) is 25.0 Å². The molecule has 2 aromatic heterocycles. The van der Waals surface area contributed by atoms with E-state index in [-0.39, 0.29) is 41.1 Å². The van der Waals surface area contributed by atoms with Gasteiger partial charge in [0.25, 0.3) is 0 Å². The second kappa shape index (κ2) is 10.5. The maximum Gasteiger partial charge on any atom is 0.421 e. The summed E-state index contributed by atoms with van der Waals surface area (Å²) in [5, 5.41) is 3.31. The van der Waals surface area contributed by atoms with Gasteiger partial charge in [-0.25, -0.2) is 13.8 Å². The summed E-state index contributed by atoms with van der Waals surface area (Å²) >= 11 is 6.46. The van der Waals surface area contributed by atoms with E-state index >= 15 is 4.39 Å². The van der Waals surface area contributed by atoms with Crippen LogP contribution in [0.15, 0.2) is 24.8 Å². The first-order valence-electron chi connectivity index (χ1n) is 13.6. The van der Waals surface area contributed by atoms with Crippen molar-refractivity contribution in [3.8, 4) is 17.3 Å². The zero-order valence-electron chi connectivity index (χ0n) is 22.7. The highest BCUT2D eigenvalue weighted by molar-refractivity contribution is 6.34. The van der Waals surface area contributed by atoms with E-state index in [1.54, 1.807) is 0 Å². The fourth-order valence-corrected chi connectivity index (χ4v) is 6.61. The van der Waals surface area contributed by atoms with E-state index in [1.165, 1.54) is 6.07 Å². The summed E-state index contributed by atoms with van der Waals surface area (Å²) in [5.41, 5.74) is 1.25. The Labute approximate surface area is 243 Å². The summed E-state index contributed by atoms with van der Waals surface area (Å²) in [6.07, 6.45) is 0.295. The highest BCUT2D eigenvalue weighted by atomic mass is 35.5. The minimum absolute atomic E-state index is 0.103. The Morgan fingerprint density at radius 2 is 2.02 bits per heavy atom. The molecule has 0 aliphatic carbocycles. The lowest BCUT2D eigenvalue weighted by atomic mass is 9.97. The summed E-state index contributed by atoms with van der Waals surface area (Å²) in [5.74, 6) is -3.15. The average molecular weight is 610 g/mol. The minimum atomic E-state index is -5.21. The Morgan fingerprint density at radius 1 is 1.24 bits per heavy atom. The van der Waals surface area contributed by atoms with Gasteiger partial charge in [-0.15, -0.1) is 6.58 Å². The van der Waals surface area contributed by atoms with Crippen LogP contribution in [0.5, 0.6) is 6.01 Å². The molecular weight excluding hydrogens is 581 g/mol. The molecule has 3 aliphatic heterocycles. The molecule has 0 saturated carbocycles. The zero-order chi connectivity index (χ0) is 30.0. The van der Waals surface area contributed by atoms with Gasteiger partial charge < -0.3 is 25.6 Å². The lowest BCUT2D eigenvalue weighted by Crippen LogP contribution is -2.58. The van der Waals surface area contributed by atoms with Crippen LogP contribution in [0, 0.1) is 11.6 Å². The number of rotatable bonds is 6. The second-order valence-corrected chi connectivity index (χ2v) is 11.6. The number of likely N-dealkylation sites (tertiary alicyclic amines) is 1. The molecule has 3 N–H and O–H groups in total. The number of aromatic nitrogens is 3. The number of nitrogens with zero attached hydrogens (tertiary/aromatic N) is 5. The van der Waals surface area contributed by atoms with Crippen LogP contribution in [0.4, 0.5) is 33.6 Å². The van der Waals surface area contributed by atoms with Gasteiger partial charge in [0.1, 0.15) is 35.1 Å². The van der Waals surface area contributed by atoms with Crippen molar-refractivity contribution in [1.29, 1.82) is 0 Å². The Kier molecular flexibility index (Phi) is 7.17. The Hall–Kier alpha value is -3.29. The number of nitrogens with one attached hydrogen (secondary N) is 1. The lowest BCUT2D eigenvalue weighted by Gasteiger charge is -2.40. The van der Waals surface area contributed by atoms with Crippen LogP contribution in [0.1, 0.15) is 31.2 Å². The Balaban J connectivity index is 1.53. The average Bonchev–Trinajstić information content (AvgIpc) is 3.47. The van der Waals surface area contributed by atoms with Gasteiger partial charge in [-0.2, -0.15) is 23.1 Å². The molecule has 1 aromatic carbocycles. The maximum atomic E-state index is 16.4. The Morgan fingerprint density at radius 3 is 2.71 bits per heavy atom. The van der Waals surface area contributed by atoms with Crippen molar-refractivity contribution < 1.29 is 26.7 Å². The minimum Gasteiger partial charge on any atom is -0.462 e. The topological polar surface area (TPSA) is 92.4 Å². The highest BCUT2D eigenvalue weighted by Crippen LogP contribution is 2.45. The molecule has 224 valence electrons. The molecule has 8 nitrogen and oxygen atoms in total. The molecule has 5 heterocycles. The van der Waals surface area contributed by atoms with Crippen molar-refractivity contribution in [2.24, 2.45) is 0 Å². The largest absolute Gasteiger partial charge is 0.462 e. The van der Waals surface area contributed by atoms with Crippen LogP contribution in [0.2, 0.25) is 5.02 Å². The molecule has 3 fully saturated rings. The quantitative estimate of drug-likeness (QED) is 0.291. The first-order chi connectivity index (χ1) is 19.9. The van der Waals surface area contributed by atoms with Gasteiger partial charge in [-0.05, 0) is 45.3 Å². The number of halogens is 6. The third kappa shape index (κ3) is 5.01. The predicted octanol–water partition coefficient (Wildman–Crippen LogP) is 5.19. The maximum absolute atomic E-state index is 16.4. The fourth-order valence-electron chi connectivity index (χ4n) is 6.33. The SMILES string of the molecule is C=CC12CCC(CN(c3nc(OCC4CCCN4C)nc4c(F)c(-c5nc(N)cc(F)c5C(F)(F)F)c(Cl)cc34)C1)N2. The normalized spacial score (nSPS) is 24.5. The van der Waals surface area contributed by atoms with Crippen LogP contribution in [0.3, 0.4) is 0 Å². The van der Waals surface area contributed by atoms with Crippen molar-refractivity contribution in [1.82, 2.24) is 25.2 Å². The van der Waals surface area contributed by atoms with Crippen LogP contribution in [-0.2, 0) is 6.18 Å². The molecule has 2 bridgehead atoms. The van der Waals surface area contributed by atoms with Crippen molar-refractivity contribution in [2.45, 2.75) is 49.5 Å². The standard InChI is InChI=1S/C28H29ClF5N7O/c1-3-27-7-6-14(39-27)11-41(13-27)25-16-9-17(29)20(24-21(28(32,33)34)18(30)10-19(35)36-24)22(31)23(16)37-26(38-25)42-12-15-5-4-8-40(15)2/h3,9-10,14-15,39H,1,4-8,11-13H2,2H3,(H2,35,36). The molecule has 0 amide bonds. The molecule has 3 saturated heterocycles. The van der Waals surface area contributed by atoms with E-state index in [4.69, 9.17) is 22.1 Å². The van der Waals surface area contributed by atoms with Crippen LogP contribution < -0.4 is 20.7 Å². The van der Waals surface area contributed by atoms with Crippen molar-refractivity contribution >= 4 is 34.1 Å². The Bertz CT molecular complexity index is 1570. The molecule has 0 spiro atoms. The number of nitrogen functional groups attached to an aromatic ring is 1. The molecular formula is C28H29ClF5N7O. The van der Waals surface area contributed by atoms with Crippen LogP contribution in [-0.4, -0.2) is 70.8 Å². The number of nitrogens with two attached hydrogens (primary N) is 1. The van der Waals surface area contributed by atoms with Crippen molar-refractivity contribution in [2.75, 3.05) is 43.9 Å². The number of hydrogen-bond donors (Lipinski definition) is 2. The summed E-state index contributed by atoms with van der Waals surface area (Å²) in [4.78, 5) is 16.7. The number of anilines is 2. The number of benzene rings is 1. The molecule has 14 heteroatoms. The number of piperazine rings is 1. The first kappa shape index (κ1) is 28.8. The van der Waals surface area contributed by atoms with Gasteiger partial charge >= 0.3 is 12.2 Å². The van der Waals surface area contributed by atoms with Crippen molar-refractivity contribution in [3.05, 3.63) is 47.0 Å². The van der Waals surface area contributed by atoms with Gasteiger partial charge in [-0.3, -0.25) is 0 Å². The smallest absolute Gasteiger partial charge is 0.421 e. The number of hydrogen-bond acceptors (Lipinski definition) is 8. The molecule has 0 radical (unpaired) electrons. The lowest BCUT2D eigenvalue weighted by molar-refractivity contribution is -0.139. The van der Waals surface area contributed by atoms with E-state index in [2.05, 4.69) is 31.7 Å². The molecule has 6 rings (SSSR count). The first-order valence-corrected chi connectivity index (χ1v) is 14.0. The van der Waals surface area contributed by atoms with E-state index < -0.39 is 45.5 Å². The third-order valence-corrected chi connectivity index (χ3v) is 8.76. The summed E-state index contributed by atoms with van der Waals surface area (Å²) in [6, 6.07) is 1.80. The summed E-state index contributed by atoms with van der Waals surface area (Å²) in [7, 11) is 1.98. The fraction of sp³-hybridized carbons (Fsp3) is 0.464. The van der Waals surface area contributed by atoms with Crippen molar-refractivity contribution in [3.63, 3.8) is 0 Å².